The molecule has 0 radical (unpaired) electrons. The van der Waals surface area contributed by atoms with E-state index < -0.39 is 6.67 Å². The van der Waals surface area contributed by atoms with Crippen LogP contribution < -0.4 is 0 Å². The molecule has 0 N–H and O–H groups in total. The van der Waals surface area contributed by atoms with Crippen molar-refractivity contribution in [3.63, 3.8) is 0 Å². The van der Waals surface area contributed by atoms with Gasteiger partial charge in [-0.05, 0) is 17.2 Å². The van der Waals surface area contributed by atoms with Crippen LogP contribution in [0.1, 0.15) is 11.1 Å². The molecule has 0 aliphatic rings. The van der Waals surface area contributed by atoms with Gasteiger partial charge in [0.15, 0.2) is 5.78 Å². The first-order chi connectivity index (χ1) is 6.67. The van der Waals surface area contributed by atoms with E-state index in [4.69, 9.17) is 11.6 Å². The molecule has 0 spiro atoms. The Morgan fingerprint density at radius 1 is 1.50 bits per heavy atom. The largest absolute Gasteiger partial charge is 0.298 e. The molecule has 0 amide bonds. The summed E-state index contributed by atoms with van der Waals surface area (Å²) >= 11 is 8.60. The van der Waals surface area contributed by atoms with E-state index in [1.54, 1.807) is 18.2 Å². The Labute approximate surface area is 95.4 Å². The fourth-order valence-electron chi connectivity index (χ4n) is 1.12. The molecule has 0 saturated carbocycles. The average molecular weight is 280 g/mol. The predicted octanol–water partition coefficient (Wildman–Crippen LogP) is 3.27. The molecular formula is C10H9BrClFO. The highest BCUT2D eigenvalue weighted by Crippen LogP contribution is 2.19. The molecule has 1 rings (SSSR count). The maximum atomic E-state index is 12.4. The second kappa shape index (κ2) is 5.47. The number of hydrogen-bond acceptors (Lipinski definition) is 1. The molecular weight excluding hydrogens is 270 g/mol. The predicted molar refractivity (Wildman–Crippen MR) is 58.4 cm³/mol. The lowest BCUT2D eigenvalue weighted by atomic mass is 10.1. The van der Waals surface area contributed by atoms with Crippen LogP contribution in [0, 0.1) is 0 Å². The standard InChI is InChI=1S/C10H9BrClFO/c11-10-2-1-7(3-8(10)6-13)4-9(14)5-12/h1-3H,4-6H2. The van der Waals surface area contributed by atoms with Gasteiger partial charge in [0.05, 0.1) is 5.88 Å². The molecule has 1 aromatic carbocycles. The lowest BCUT2D eigenvalue weighted by Crippen LogP contribution is -2.04. The van der Waals surface area contributed by atoms with E-state index in [0.717, 1.165) is 10.0 Å². The summed E-state index contributed by atoms with van der Waals surface area (Å²) in [6, 6.07) is 5.20. The van der Waals surface area contributed by atoms with Crippen LogP contribution in [0.3, 0.4) is 0 Å². The summed E-state index contributed by atoms with van der Waals surface area (Å²) in [5, 5.41) is 0. The van der Waals surface area contributed by atoms with Crippen LogP contribution in [0.5, 0.6) is 0 Å². The highest BCUT2D eigenvalue weighted by atomic mass is 79.9. The van der Waals surface area contributed by atoms with Crippen molar-refractivity contribution in [2.45, 2.75) is 13.1 Å². The molecule has 4 heteroatoms. The summed E-state index contributed by atoms with van der Waals surface area (Å²) in [5.41, 5.74) is 1.36. The SMILES string of the molecule is O=C(CCl)Cc1ccc(Br)c(CF)c1. The highest BCUT2D eigenvalue weighted by Gasteiger charge is 2.05. The summed E-state index contributed by atoms with van der Waals surface area (Å²) in [6.07, 6.45) is 0.268. The van der Waals surface area contributed by atoms with Gasteiger partial charge in [-0.2, -0.15) is 0 Å². The van der Waals surface area contributed by atoms with E-state index in [2.05, 4.69) is 15.9 Å². The number of ketones is 1. The molecule has 0 aliphatic carbocycles. The second-order valence-electron chi connectivity index (χ2n) is 2.91. The normalized spacial score (nSPS) is 10.2. The van der Waals surface area contributed by atoms with Gasteiger partial charge in [-0.1, -0.05) is 28.1 Å². The Morgan fingerprint density at radius 2 is 2.21 bits per heavy atom. The van der Waals surface area contributed by atoms with Crippen molar-refractivity contribution in [3.05, 3.63) is 33.8 Å². The quantitative estimate of drug-likeness (QED) is 0.773. The molecule has 0 aliphatic heterocycles. The van der Waals surface area contributed by atoms with Gasteiger partial charge in [-0.3, -0.25) is 4.79 Å². The minimum Gasteiger partial charge on any atom is -0.298 e. The lowest BCUT2D eigenvalue weighted by Gasteiger charge is -2.03. The van der Waals surface area contributed by atoms with E-state index in [1.807, 2.05) is 0 Å². The molecule has 0 unspecified atom stereocenters. The van der Waals surface area contributed by atoms with Crippen LogP contribution in [-0.2, 0) is 17.9 Å². The highest BCUT2D eigenvalue weighted by molar-refractivity contribution is 9.10. The number of rotatable bonds is 4. The second-order valence-corrected chi connectivity index (χ2v) is 4.03. The number of Topliss-reactive ketones (excluding diaryl/α,β-unsaturated/α-hetero) is 1. The van der Waals surface area contributed by atoms with Crippen molar-refractivity contribution in [2.24, 2.45) is 0 Å². The summed E-state index contributed by atoms with van der Waals surface area (Å²) in [4.78, 5) is 11.0. The fourth-order valence-corrected chi connectivity index (χ4v) is 1.56. The first-order valence-electron chi connectivity index (χ1n) is 4.08. The molecule has 0 aromatic heterocycles. The molecule has 0 bridgehead atoms. The number of benzene rings is 1. The van der Waals surface area contributed by atoms with Gasteiger partial charge in [-0.15, -0.1) is 11.6 Å². The number of carbonyl (C=O) groups excluding carboxylic acids is 1. The van der Waals surface area contributed by atoms with Crippen LogP contribution in [-0.4, -0.2) is 11.7 Å². The Kier molecular flexibility index (Phi) is 4.55. The Balaban J connectivity index is 2.84. The molecule has 0 saturated heterocycles. The van der Waals surface area contributed by atoms with Gasteiger partial charge < -0.3 is 0 Å². The van der Waals surface area contributed by atoms with Crippen molar-refractivity contribution in [3.8, 4) is 0 Å². The fraction of sp³-hybridized carbons (Fsp3) is 0.300. The number of alkyl halides is 2. The number of carbonyl (C=O) groups is 1. The summed E-state index contributed by atoms with van der Waals surface area (Å²) in [6.45, 7) is -0.538. The van der Waals surface area contributed by atoms with Crippen LogP contribution in [0.15, 0.2) is 22.7 Å². The minimum atomic E-state index is -0.538. The third kappa shape index (κ3) is 3.07. The van der Waals surface area contributed by atoms with Crippen molar-refractivity contribution in [2.75, 3.05) is 5.88 Å². The van der Waals surface area contributed by atoms with E-state index in [0.29, 0.717) is 5.56 Å². The van der Waals surface area contributed by atoms with Crippen molar-refractivity contribution in [1.29, 1.82) is 0 Å². The van der Waals surface area contributed by atoms with Gasteiger partial charge in [-0.25, -0.2) is 4.39 Å². The van der Waals surface area contributed by atoms with Crippen molar-refractivity contribution in [1.82, 2.24) is 0 Å². The van der Waals surface area contributed by atoms with Gasteiger partial charge >= 0.3 is 0 Å². The maximum Gasteiger partial charge on any atom is 0.151 e. The topological polar surface area (TPSA) is 17.1 Å². The molecule has 14 heavy (non-hydrogen) atoms. The van der Waals surface area contributed by atoms with Crippen LogP contribution in [0.4, 0.5) is 4.39 Å². The smallest absolute Gasteiger partial charge is 0.151 e. The molecule has 0 atom stereocenters. The summed E-state index contributed by atoms with van der Waals surface area (Å²) in [7, 11) is 0. The van der Waals surface area contributed by atoms with Crippen LogP contribution in [0.25, 0.3) is 0 Å². The first kappa shape index (κ1) is 11.7. The lowest BCUT2D eigenvalue weighted by molar-refractivity contribution is -0.116. The average Bonchev–Trinajstić information content (AvgIpc) is 2.20. The summed E-state index contributed by atoms with van der Waals surface area (Å²) < 4.78 is 13.2. The van der Waals surface area contributed by atoms with E-state index in [9.17, 15) is 9.18 Å². The monoisotopic (exact) mass is 278 g/mol. The van der Waals surface area contributed by atoms with Crippen molar-refractivity contribution < 1.29 is 9.18 Å². The zero-order chi connectivity index (χ0) is 10.6. The zero-order valence-corrected chi connectivity index (χ0v) is 9.74. The molecule has 76 valence electrons. The first-order valence-corrected chi connectivity index (χ1v) is 5.41. The van der Waals surface area contributed by atoms with Crippen molar-refractivity contribution >= 4 is 33.3 Å². The van der Waals surface area contributed by atoms with E-state index in [-0.39, 0.29) is 18.1 Å². The van der Waals surface area contributed by atoms with Gasteiger partial charge in [0.2, 0.25) is 0 Å². The van der Waals surface area contributed by atoms with E-state index in [1.165, 1.54) is 0 Å². The summed E-state index contributed by atoms with van der Waals surface area (Å²) in [5.74, 6) is -0.0557. The minimum absolute atomic E-state index is 0.00101. The molecule has 1 nitrogen and oxygen atoms in total. The molecule has 0 heterocycles. The third-order valence-electron chi connectivity index (χ3n) is 1.80. The third-order valence-corrected chi connectivity index (χ3v) is 2.88. The molecule has 1 aromatic rings. The molecule has 0 fully saturated rings. The van der Waals surface area contributed by atoms with Gasteiger partial charge in [0.25, 0.3) is 0 Å². The zero-order valence-electron chi connectivity index (χ0n) is 7.40. The Morgan fingerprint density at radius 3 is 2.79 bits per heavy atom. The van der Waals surface area contributed by atoms with Crippen LogP contribution in [0.2, 0.25) is 0 Å². The van der Waals surface area contributed by atoms with Gasteiger partial charge in [0.1, 0.15) is 6.67 Å². The van der Waals surface area contributed by atoms with E-state index >= 15 is 0 Å². The van der Waals surface area contributed by atoms with Crippen LogP contribution >= 0.6 is 27.5 Å². The number of halogens is 3. The van der Waals surface area contributed by atoms with Gasteiger partial charge in [0, 0.05) is 10.9 Å². The maximum absolute atomic E-state index is 12.4. The Bertz CT molecular complexity index is 341. The number of hydrogen-bond donors (Lipinski definition) is 0. The Hall–Kier alpha value is -0.410.